The third-order valence-electron chi connectivity index (χ3n) is 2.54. The molecular weight excluding hydrogens is 251 g/mol. The van der Waals surface area contributed by atoms with Crippen LogP contribution in [0, 0.1) is 12.7 Å². The van der Waals surface area contributed by atoms with Crippen LogP contribution in [-0.2, 0) is 6.61 Å². The molecule has 19 heavy (non-hydrogen) atoms. The summed E-state index contributed by atoms with van der Waals surface area (Å²) in [5, 5.41) is 0. The molecule has 2 aromatic rings. The van der Waals surface area contributed by atoms with Crippen LogP contribution in [-0.4, -0.2) is 5.91 Å². The van der Waals surface area contributed by atoms with Gasteiger partial charge < -0.3 is 9.15 Å². The Hall–Kier alpha value is -2.34. The van der Waals surface area contributed by atoms with E-state index in [1.165, 1.54) is 12.1 Å². The van der Waals surface area contributed by atoms with Crippen LogP contribution in [0.5, 0.6) is 5.75 Å². The summed E-state index contributed by atoms with van der Waals surface area (Å²) in [7, 11) is 0. The molecule has 0 fully saturated rings. The molecule has 1 heterocycles. The number of nitrogen functional groups attached to an aromatic ring is 1. The van der Waals surface area contributed by atoms with Crippen LogP contribution in [0.15, 0.2) is 34.7 Å². The van der Waals surface area contributed by atoms with Crippen LogP contribution in [0.2, 0.25) is 0 Å². The Morgan fingerprint density at radius 2 is 2.21 bits per heavy atom. The van der Waals surface area contributed by atoms with Gasteiger partial charge in [0.15, 0.2) is 5.76 Å². The van der Waals surface area contributed by atoms with Gasteiger partial charge in [-0.2, -0.15) is 0 Å². The Bertz CT molecular complexity index is 595. The van der Waals surface area contributed by atoms with Gasteiger partial charge in [-0.1, -0.05) is 6.07 Å². The Kier molecular flexibility index (Phi) is 3.82. The highest BCUT2D eigenvalue weighted by atomic mass is 19.1. The molecule has 0 saturated heterocycles. The second-order valence-electron chi connectivity index (χ2n) is 3.94. The average molecular weight is 264 g/mol. The summed E-state index contributed by atoms with van der Waals surface area (Å²) in [4.78, 5) is 11.2. The van der Waals surface area contributed by atoms with Crippen LogP contribution in [0.4, 0.5) is 4.39 Å². The molecule has 0 spiro atoms. The number of hydrogen-bond acceptors (Lipinski definition) is 4. The van der Waals surface area contributed by atoms with Gasteiger partial charge in [0.25, 0.3) is 0 Å². The van der Waals surface area contributed by atoms with Crippen molar-refractivity contribution in [2.75, 3.05) is 0 Å². The summed E-state index contributed by atoms with van der Waals surface area (Å²) in [5.74, 6) is 5.05. The summed E-state index contributed by atoms with van der Waals surface area (Å²) in [6, 6.07) is 7.66. The first-order valence-electron chi connectivity index (χ1n) is 5.59. The van der Waals surface area contributed by atoms with Crippen molar-refractivity contribution >= 4 is 5.91 Å². The lowest BCUT2D eigenvalue weighted by Crippen LogP contribution is -2.29. The first-order chi connectivity index (χ1) is 9.10. The molecule has 0 aliphatic heterocycles. The fourth-order valence-electron chi connectivity index (χ4n) is 1.47. The van der Waals surface area contributed by atoms with Crippen molar-refractivity contribution in [3.8, 4) is 5.75 Å². The Morgan fingerprint density at radius 3 is 2.89 bits per heavy atom. The van der Waals surface area contributed by atoms with Crippen molar-refractivity contribution in [1.29, 1.82) is 0 Å². The second kappa shape index (κ2) is 5.53. The maximum Gasteiger partial charge on any atom is 0.300 e. The van der Waals surface area contributed by atoms with E-state index in [-0.39, 0.29) is 18.2 Å². The van der Waals surface area contributed by atoms with E-state index >= 15 is 0 Å². The number of halogens is 1. The highest BCUT2D eigenvalue weighted by Crippen LogP contribution is 2.18. The minimum atomic E-state index is -0.521. The van der Waals surface area contributed by atoms with Crippen molar-refractivity contribution in [1.82, 2.24) is 5.43 Å². The molecule has 3 N–H and O–H groups in total. The average Bonchev–Trinajstić information content (AvgIpc) is 2.88. The summed E-state index contributed by atoms with van der Waals surface area (Å²) < 4.78 is 23.8. The number of ether oxygens (including phenoxy) is 1. The molecule has 2 rings (SSSR count). The highest BCUT2D eigenvalue weighted by molar-refractivity contribution is 5.90. The Morgan fingerprint density at radius 1 is 1.42 bits per heavy atom. The molecule has 0 unspecified atom stereocenters. The van der Waals surface area contributed by atoms with Crippen molar-refractivity contribution < 1.29 is 18.3 Å². The molecule has 0 atom stereocenters. The number of carbonyl (C=O) groups excluding carboxylic acids is 1. The van der Waals surface area contributed by atoms with Gasteiger partial charge in [-0.25, -0.2) is 10.2 Å². The van der Waals surface area contributed by atoms with Gasteiger partial charge in [-0.3, -0.25) is 10.2 Å². The first-order valence-corrected chi connectivity index (χ1v) is 5.59. The van der Waals surface area contributed by atoms with Crippen molar-refractivity contribution in [2.45, 2.75) is 13.5 Å². The van der Waals surface area contributed by atoms with Crippen LogP contribution in [0.3, 0.4) is 0 Å². The number of benzene rings is 1. The van der Waals surface area contributed by atoms with Crippen LogP contribution in [0.1, 0.15) is 21.9 Å². The standard InChI is InChI=1S/C13H13FN2O3/c1-8-2-3-9(6-11(8)14)18-7-10-4-5-12(19-10)13(17)16-15/h2-6H,7,15H2,1H3,(H,16,17). The van der Waals surface area contributed by atoms with Gasteiger partial charge >= 0.3 is 5.91 Å². The lowest BCUT2D eigenvalue weighted by molar-refractivity contribution is 0.0922. The van der Waals surface area contributed by atoms with Gasteiger partial charge in [0.05, 0.1) is 0 Å². The maximum atomic E-state index is 13.3. The summed E-state index contributed by atoms with van der Waals surface area (Å²) >= 11 is 0. The van der Waals surface area contributed by atoms with Crippen molar-refractivity contribution in [2.24, 2.45) is 5.84 Å². The van der Waals surface area contributed by atoms with Crippen molar-refractivity contribution in [3.63, 3.8) is 0 Å². The van der Waals surface area contributed by atoms with Gasteiger partial charge in [0.1, 0.15) is 23.9 Å². The quantitative estimate of drug-likeness (QED) is 0.502. The largest absolute Gasteiger partial charge is 0.486 e. The molecule has 100 valence electrons. The number of carbonyl (C=O) groups is 1. The number of nitrogens with two attached hydrogens (primary N) is 1. The number of aryl methyl sites for hydroxylation is 1. The fourth-order valence-corrected chi connectivity index (χ4v) is 1.47. The first kappa shape index (κ1) is 13.1. The second-order valence-corrected chi connectivity index (χ2v) is 3.94. The third kappa shape index (κ3) is 3.11. The van der Waals surface area contributed by atoms with E-state index in [2.05, 4.69) is 0 Å². The predicted molar refractivity (Wildman–Crippen MR) is 65.8 cm³/mol. The number of amides is 1. The van der Waals surface area contributed by atoms with Crippen LogP contribution >= 0.6 is 0 Å². The summed E-state index contributed by atoms with van der Waals surface area (Å²) in [6.45, 7) is 1.77. The zero-order valence-electron chi connectivity index (χ0n) is 10.3. The lowest BCUT2D eigenvalue weighted by atomic mass is 10.2. The molecule has 0 saturated carbocycles. The van der Waals surface area contributed by atoms with E-state index < -0.39 is 5.91 Å². The number of rotatable bonds is 4. The normalized spacial score (nSPS) is 10.3. The molecule has 6 heteroatoms. The van der Waals surface area contributed by atoms with Crippen LogP contribution < -0.4 is 16.0 Å². The zero-order chi connectivity index (χ0) is 13.8. The van der Waals surface area contributed by atoms with Crippen LogP contribution in [0.25, 0.3) is 0 Å². The van der Waals surface area contributed by atoms with Gasteiger partial charge in [-0.05, 0) is 30.7 Å². The molecule has 0 bridgehead atoms. The minimum absolute atomic E-state index is 0.0937. The zero-order valence-corrected chi connectivity index (χ0v) is 10.3. The van der Waals surface area contributed by atoms with Gasteiger partial charge in [-0.15, -0.1) is 0 Å². The maximum absolute atomic E-state index is 13.3. The topological polar surface area (TPSA) is 77.5 Å². The number of hydrazine groups is 1. The third-order valence-corrected chi connectivity index (χ3v) is 2.54. The predicted octanol–water partition coefficient (Wildman–Crippen LogP) is 1.91. The number of nitrogens with one attached hydrogen (secondary N) is 1. The van der Waals surface area contributed by atoms with Crippen molar-refractivity contribution in [3.05, 3.63) is 53.2 Å². The summed E-state index contributed by atoms with van der Waals surface area (Å²) in [6.07, 6.45) is 0. The molecule has 5 nitrogen and oxygen atoms in total. The molecule has 0 radical (unpaired) electrons. The smallest absolute Gasteiger partial charge is 0.300 e. The molecule has 0 aliphatic carbocycles. The monoisotopic (exact) mass is 264 g/mol. The van der Waals surface area contributed by atoms with E-state index in [0.29, 0.717) is 17.1 Å². The minimum Gasteiger partial charge on any atom is -0.486 e. The fraction of sp³-hybridized carbons (Fsp3) is 0.154. The molecule has 1 aromatic heterocycles. The van der Waals surface area contributed by atoms with E-state index in [1.54, 1.807) is 25.1 Å². The number of hydrogen-bond donors (Lipinski definition) is 2. The van der Waals surface area contributed by atoms with E-state index in [9.17, 15) is 9.18 Å². The molecule has 1 amide bonds. The molecule has 0 aliphatic rings. The lowest BCUT2D eigenvalue weighted by Gasteiger charge is -2.05. The highest BCUT2D eigenvalue weighted by Gasteiger charge is 2.10. The Labute approximate surface area is 109 Å². The molecule has 1 aromatic carbocycles. The Balaban J connectivity index is 2.00. The van der Waals surface area contributed by atoms with Gasteiger partial charge in [0, 0.05) is 6.07 Å². The van der Waals surface area contributed by atoms with Gasteiger partial charge in [0.2, 0.25) is 0 Å². The van der Waals surface area contributed by atoms with E-state index in [4.69, 9.17) is 15.0 Å². The summed E-state index contributed by atoms with van der Waals surface area (Å²) in [5.41, 5.74) is 2.51. The van der Waals surface area contributed by atoms with E-state index in [1.807, 2.05) is 5.43 Å². The molecular formula is C13H13FN2O3. The number of furan rings is 1. The SMILES string of the molecule is Cc1ccc(OCc2ccc(C(=O)NN)o2)cc1F. The van der Waals surface area contributed by atoms with E-state index in [0.717, 1.165) is 0 Å².